The normalized spacial score (nSPS) is 17.2. The van der Waals surface area contributed by atoms with Gasteiger partial charge < -0.3 is 14.2 Å². The molecule has 1 aliphatic rings. The number of nitrogens with zero attached hydrogens (tertiary/aromatic N) is 2. The van der Waals surface area contributed by atoms with Crippen molar-refractivity contribution < 1.29 is 14.1 Å². The highest BCUT2D eigenvalue weighted by Crippen LogP contribution is 2.37. The number of hydrogen-bond acceptors (Lipinski definition) is 5. The number of esters is 1. The maximum atomic E-state index is 12.0. The molecule has 20 heavy (non-hydrogen) atoms. The Morgan fingerprint density at radius 2 is 2.30 bits per heavy atom. The minimum Gasteiger partial charge on any atom is -0.468 e. The number of hydrogen-bond donors (Lipinski definition) is 1. The summed E-state index contributed by atoms with van der Waals surface area (Å²) in [6.45, 7) is 0. The van der Waals surface area contributed by atoms with Crippen molar-refractivity contribution >= 4 is 5.97 Å². The quantitative estimate of drug-likeness (QED) is 0.867. The van der Waals surface area contributed by atoms with E-state index < -0.39 is 5.92 Å². The summed E-state index contributed by atoms with van der Waals surface area (Å²) in [6, 6.07) is 3.72. The van der Waals surface area contributed by atoms with Crippen LogP contribution in [0, 0.1) is 5.92 Å². The molecule has 2 aromatic rings. The summed E-state index contributed by atoms with van der Waals surface area (Å²) < 4.78 is 10.2. The van der Waals surface area contributed by atoms with E-state index in [9.17, 15) is 4.79 Å². The molecule has 0 radical (unpaired) electrons. The lowest BCUT2D eigenvalue weighted by molar-refractivity contribution is -0.144. The maximum Gasteiger partial charge on any atom is 0.318 e. The average molecular weight is 275 g/mol. The summed E-state index contributed by atoms with van der Waals surface area (Å²) in [5, 5.41) is 3.94. The van der Waals surface area contributed by atoms with Crippen molar-refractivity contribution in [2.75, 3.05) is 7.11 Å². The van der Waals surface area contributed by atoms with E-state index in [2.05, 4.69) is 15.1 Å². The smallest absolute Gasteiger partial charge is 0.318 e. The van der Waals surface area contributed by atoms with Crippen LogP contribution in [0.25, 0.3) is 11.5 Å². The van der Waals surface area contributed by atoms with E-state index in [-0.39, 0.29) is 11.9 Å². The van der Waals surface area contributed by atoms with Crippen LogP contribution in [0.5, 0.6) is 0 Å². The van der Waals surface area contributed by atoms with Crippen molar-refractivity contribution in [2.24, 2.45) is 5.92 Å². The zero-order chi connectivity index (χ0) is 13.9. The molecule has 0 aromatic carbocycles. The summed E-state index contributed by atoms with van der Waals surface area (Å²) in [7, 11) is 1.40. The molecule has 1 aliphatic carbocycles. The lowest BCUT2D eigenvalue weighted by Crippen LogP contribution is -2.21. The highest BCUT2D eigenvalue weighted by Gasteiger charge is 2.37. The van der Waals surface area contributed by atoms with Crippen molar-refractivity contribution in [2.45, 2.75) is 31.6 Å². The Bertz CT molecular complexity index is 570. The number of H-pyrrole nitrogens is 1. The second kappa shape index (κ2) is 5.48. The molecule has 0 bridgehead atoms. The van der Waals surface area contributed by atoms with Crippen LogP contribution in [0.2, 0.25) is 0 Å². The van der Waals surface area contributed by atoms with E-state index in [1.807, 2.05) is 12.1 Å². The summed E-state index contributed by atoms with van der Waals surface area (Å²) in [4.78, 5) is 19.4. The third-order valence-electron chi connectivity index (χ3n) is 3.87. The van der Waals surface area contributed by atoms with Crippen LogP contribution in [0.1, 0.15) is 37.5 Å². The molecule has 106 valence electrons. The van der Waals surface area contributed by atoms with Crippen LogP contribution in [0.3, 0.4) is 0 Å². The molecule has 1 atom stereocenters. The molecule has 1 unspecified atom stereocenters. The van der Waals surface area contributed by atoms with Crippen LogP contribution >= 0.6 is 0 Å². The van der Waals surface area contributed by atoms with Gasteiger partial charge in [-0.3, -0.25) is 4.79 Å². The molecule has 0 aliphatic heterocycles. The van der Waals surface area contributed by atoms with Crippen LogP contribution in [0.15, 0.2) is 22.9 Å². The standard InChI is InChI=1S/C14H17N3O3/c1-19-14(18)11(9-5-2-3-6-9)13-16-12(17-20-13)10-7-4-8-15-10/h4,7-9,11,15H,2-3,5-6H2,1H3. The lowest BCUT2D eigenvalue weighted by atomic mass is 9.91. The van der Waals surface area contributed by atoms with E-state index in [0.717, 1.165) is 31.4 Å². The molecule has 2 aromatic heterocycles. The predicted molar refractivity (Wildman–Crippen MR) is 70.8 cm³/mol. The lowest BCUT2D eigenvalue weighted by Gasteiger charge is -2.16. The second-order valence-corrected chi connectivity index (χ2v) is 5.09. The molecule has 1 N–H and O–H groups in total. The third-order valence-corrected chi connectivity index (χ3v) is 3.87. The van der Waals surface area contributed by atoms with E-state index in [4.69, 9.17) is 9.26 Å². The van der Waals surface area contributed by atoms with Gasteiger partial charge in [0.15, 0.2) is 0 Å². The Morgan fingerprint density at radius 1 is 1.50 bits per heavy atom. The molecule has 1 saturated carbocycles. The van der Waals surface area contributed by atoms with Gasteiger partial charge in [0, 0.05) is 6.20 Å². The highest BCUT2D eigenvalue weighted by molar-refractivity contribution is 5.77. The van der Waals surface area contributed by atoms with E-state index >= 15 is 0 Å². The fraction of sp³-hybridized carbons (Fsp3) is 0.500. The molecular formula is C14H17N3O3. The predicted octanol–water partition coefficient (Wildman–Crippen LogP) is 2.51. The van der Waals surface area contributed by atoms with Crippen molar-refractivity contribution in [3.63, 3.8) is 0 Å². The number of aromatic nitrogens is 3. The summed E-state index contributed by atoms with van der Waals surface area (Å²) in [5.74, 6) is 0.321. The van der Waals surface area contributed by atoms with Crippen molar-refractivity contribution in [1.29, 1.82) is 0 Å². The number of methoxy groups -OCH3 is 1. The fourth-order valence-corrected chi connectivity index (χ4v) is 2.85. The number of nitrogens with one attached hydrogen (secondary N) is 1. The minimum atomic E-state index is -0.446. The Labute approximate surface area is 116 Å². The summed E-state index contributed by atoms with van der Waals surface area (Å²) in [6.07, 6.45) is 6.06. The topological polar surface area (TPSA) is 81.0 Å². The SMILES string of the molecule is COC(=O)C(c1nc(-c2ccc[nH]2)no1)C1CCCC1. The first kappa shape index (κ1) is 12.9. The van der Waals surface area contributed by atoms with Gasteiger partial charge in [-0.1, -0.05) is 18.0 Å². The van der Waals surface area contributed by atoms with Gasteiger partial charge in [-0.15, -0.1) is 0 Å². The van der Waals surface area contributed by atoms with Gasteiger partial charge in [0.25, 0.3) is 0 Å². The van der Waals surface area contributed by atoms with E-state index in [1.165, 1.54) is 7.11 Å². The van der Waals surface area contributed by atoms with Crippen LogP contribution in [-0.4, -0.2) is 28.2 Å². The Balaban J connectivity index is 1.89. The van der Waals surface area contributed by atoms with Gasteiger partial charge in [0.05, 0.1) is 12.8 Å². The van der Waals surface area contributed by atoms with E-state index in [0.29, 0.717) is 11.7 Å². The maximum absolute atomic E-state index is 12.0. The Hall–Kier alpha value is -2.11. The zero-order valence-electron chi connectivity index (χ0n) is 11.3. The number of carbonyl (C=O) groups excluding carboxylic acids is 1. The van der Waals surface area contributed by atoms with Gasteiger partial charge in [-0.2, -0.15) is 4.98 Å². The number of rotatable bonds is 4. The van der Waals surface area contributed by atoms with Crippen LogP contribution < -0.4 is 0 Å². The van der Waals surface area contributed by atoms with Gasteiger partial charge in [-0.05, 0) is 30.9 Å². The number of aromatic amines is 1. The second-order valence-electron chi connectivity index (χ2n) is 5.09. The fourth-order valence-electron chi connectivity index (χ4n) is 2.85. The Kier molecular flexibility index (Phi) is 3.54. The molecular weight excluding hydrogens is 258 g/mol. The number of ether oxygens (including phenoxy) is 1. The van der Waals surface area contributed by atoms with Crippen LogP contribution in [-0.2, 0) is 9.53 Å². The van der Waals surface area contributed by atoms with Crippen molar-refractivity contribution in [3.05, 3.63) is 24.2 Å². The third kappa shape index (κ3) is 2.33. The van der Waals surface area contributed by atoms with Gasteiger partial charge in [0.2, 0.25) is 11.7 Å². The molecule has 0 amide bonds. The molecule has 6 nitrogen and oxygen atoms in total. The van der Waals surface area contributed by atoms with Crippen molar-refractivity contribution in [3.8, 4) is 11.5 Å². The van der Waals surface area contributed by atoms with Gasteiger partial charge in [0.1, 0.15) is 5.92 Å². The van der Waals surface area contributed by atoms with E-state index in [1.54, 1.807) is 6.20 Å². The largest absolute Gasteiger partial charge is 0.468 e. The van der Waals surface area contributed by atoms with Gasteiger partial charge >= 0.3 is 5.97 Å². The summed E-state index contributed by atoms with van der Waals surface area (Å²) in [5.41, 5.74) is 0.773. The zero-order valence-corrected chi connectivity index (χ0v) is 11.3. The molecule has 0 saturated heterocycles. The van der Waals surface area contributed by atoms with Crippen LogP contribution in [0.4, 0.5) is 0 Å². The molecule has 3 rings (SSSR count). The summed E-state index contributed by atoms with van der Waals surface area (Å²) >= 11 is 0. The molecule has 0 spiro atoms. The molecule has 1 fully saturated rings. The highest BCUT2D eigenvalue weighted by atomic mass is 16.5. The average Bonchev–Trinajstić information content (AvgIpc) is 3.20. The first-order valence-corrected chi connectivity index (χ1v) is 6.85. The Morgan fingerprint density at radius 3 is 2.95 bits per heavy atom. The molecule has 6 heteroatoms. The first-order valence-electron chi connectivity index (χ1n) is 6.85. The number of carbonyl (C=O) groups is 1. The molecule has 2 heterocycles. The van der Waals surface area contributed by atoms with Crippen molar-refractivity contribution in [1.82, 2.24) is 15.1 Å². The minimum absolute atomic E-state index is 0.236. The van der Waals surface area contributed by atoms with Gasteiger partial charge in [-0.25, -0.2) is 0 Å². The first-order chi connectivity index (χ1) is 9.79. The monoisotopic (exact) mass is 275 g/mol.